The van der Waals surface area contributed by atoms with Gasteiger partial charge in [0.25, 0.3) is 0 Å². The van der Waals surface area contributed by atoms with Crippen molar-refractivity contribution in [3.63, 3.8) is 0 Å². The molecule has 0 unspecified atom stereocenters. The third-order valence-corrected chi connectivity index (χ3v) is 5.24. The van der Waals surface area contributed by atoms with Crippen molar-refractivity contribution >= 4 is 29.3 Å². The molecule has 0 atom stereocenters. The molecule has 1 aliphatic rings. The van der Waals surface area contributed by atoms with Crippen LogP contribution < -0.4 is 0 Å². The van der Waals surface area contributed by atoms with Gasteiger partial charge in [-0.25, -0.2) is 0 Å². The van der Waals surface area contributed by atoms with Gasteiger partial charge in [0, 0.05) is 10.8 Å². The van der Waals surface area contributed by atoms with Crippen LogP contribution in [0.25, 0.3) is 0 Å². The highest BCUT2D eigenvalue weighted by atomic mass is 35.5. The van der Waals surface area contributed by atoms with Gasteiger partial charge in [0.05, 0.1) is 25.2 Å². The Bertz CT molecular complexity index is 549. The number of carbonyl (C=O) groups excluding carboxylic acids is 1. The third kappa shape index (κ3) is 3.91. The number of rotatable bonds is 6. The maximum absolute atomic E-state index is 11.3. The fraction of sp³-hybridized carbons (Fsp3) is 0.467. The minimum absolute atomic E-state index is 0.125. The number of ether oxygens (including phenoxy) is 1. The van der Waals surface area contributed by atoms with Crippen molar-refractivity contribution in [2.24, 2.45) is 5.41 Å². The largest absolute Gasteiger partial charge is 0.469 e. The van der Waals surface area contributed by atoms with Crippen LogP contribution in [0, 0.1) is 16.7 Å². The Kier molecular flexibility index (Phi) is 4.95. The van der Waals surface area contributed by atoms with E-state index in [1.807, 2.05) is 6.07 Å². The highest BCUT2D eigenvalue weighted by molar-refractivity contribution is 7.98. The number of esters is 1. The quantitative estimate of drug-likeness (QED) is 0.750. The summed E-state index contributed by atoms with van der Waals surface area (Å²) >= 11 is 7.92. The van der Waals surface area contributed by atoms with Crippen molar-refractivity contribution in [1.82, 2.24) is 0 Å². The Morgan fingerprint density at radius 2 is 2.30 bits per heavy atom. The second kappa shape index (κ2) is 6.51. The van der Waals surface area contributed by atoms with Gasteiger partial charge in [-0.15, -0.1) is 0 Å². The minimum atomic E-state index is -0.125. The molecule has 1 aromatic carbocycles. The molecule has 1 aromatic rings. The van der Waals surface area contributed by atoms with E-state index >= 15 is 0 Å². The maximum atomic E-state index is 11.3. The topological polar surface area (TPSA) is 50.1 Å². The van der Waals surface area contributed by atoms with Gasteiger partial charge >= 0.3 is 5.97 Å². The number of nitrogens with zero attached hydrogens (tertiary/aromatic N) is 1. The Hall–Kier alpha value is -1.18. The molecule has 106 valence electrons. The number of benzene rings is 1. The van der Waals surface area contributed by atoms with E-state index in [1.165, 1.54) is 7.11 Å². The van der Waals surface area contributed by atoms with Gasteiger partial charge in [-0.3, -0.25) is 4.79 Å². The van der Waals surface area contributed by atoms with E-state index in [1.54, 1.807) is 23.9 Å². The summed E-state index contributed by atoms with van der Waals surface area (Å²) < 4.78 is 4.74. The van der Waals surface area contributed by atoms with Crippen molar-refractivity contribution in [1.29, 1.82) is 5.26 Å². The number of halogens is 1. The zero-order valence-corrected chi connectivity index (χ0v) is 12.9. The highest BCUT2D eigenvalue weighted by Gasteiger charge is 2.44. The molecule has 0 aliphatic heterocycles. The monoisotopic (exact) mass is 309 g/mol. The van der Waals surface area contributed by atoms with E-state index < -0.39 is 0 Å². The fourth-order valence-corrected chi connectivity index (χ4v) is 3.76. The summed E-state index contributed by atoms with van der Waals surface area (Å²) in [6.07, 6.45) is 2.70. The fourth-order valence-electron chi connectivity index (χ4n) is 2.04. The van der Waals surface area contributed by atoms with E-state index in [-0.39, 0.29) is 11.4 Å². The zero-order valence-electron chi connectivity index (χ0n) is 11.3. The molecular weight excluding hydrogens is 294 g/mol. The molecule has 0 N–H and O–H groups in total. The van der Waals surface area contributed by atoms with Crippen LogP contribution in [-0.2, 0) is 15.3 Å². The molecule has 0 heterocycles. The first kappa shape index (κ1) is 15.2. The Morgan fingerprint density at radius 1 is 1.55 bits per heavy atom. The van der Waals surface area contributed by atoms with Gasteiger partial charge < -0.3 is 4.74 Å². The number of hydrogen-bond acceptors (Lipinski definition) is 4. The van der Waals surface area contributed by atoms with E-state index in [9.17, 15) is 4.79 Å². The van der Waals surface area contributed by atoms with Crippen LogP contribution >= 0.6 is 23.4 Å². The average Bonchev–Trinajstić information content (AvgIpc) is 3.20. The Morgan fingerprint density at radius 3 is 2.85 bits per heavy atom. The number of nitriles is 1. The number of hydrogen-bond donors (Lipinski definition) is 0. The number of methoxy groups -OCH3 is 1. The summed E-state index contributed by atoms with van der Waals surface area (Å²) in [5.41, 5.74) is 1.74. The van der Waals surface area contributed by atoms with Crippen LogP contribution in [0.15, 0.2) is 18.2 Å². The van der Waals surface area contributed by atoms with Gasteiger partial charge in [0.15, 0.2) is 0 Å². The Labute approximate surface area is 128 Å². The molecule has 1 aliphatic carbocycles. The predicted molar refractivity (Wildman–Crippen MR) is 80.6 cm³/mol. The first-order valence-corrected chi connectivity index (χ1v) is 7.95. The molecule has 0 radical (unpaired) electrons. The lowest BCUT2D eigenvalue weighted by molar-refractivity contribution is -0.141. The molecular formula is C15H16ClNO2S. The molecule has 3 nitrogen and oxygen atoms in total. The molecule has 20 heavy (non-hydrogen) atoms. The molecule has 0 amide bonds. The van der Waals surface area contributed by atoms with Crippen LogP contribution in [0.4, 0.5) is 0 Å². The van der Waals surface area contributed by atoms with E-state index in [4.69, 9.17) is 21.6 Å². The van der Waals surface area contributed by atoms with Gasteiger partial charge in [-0.05, 0) is 41.7 Å². The van der Waals surface area contributed by atoms with Crippen molar-refractivity contribution < 1.29 is 9.53 Å². The zero-order chi connectivity index (χ0) is 14.6. The smallest absolute Gasteiger partial charge is 0.306 e. The lowest BCUT2D eigenvalue weighted by Gasteiger charge is -2.13. The Balaban J connectivity index is 1.85. The summed E-state index contributed by atoms with van der Waals surface area (Å²) in [5.74, 6) is 1.62. The van der Waals surface area contributed by atoms with Crippen molar-refractivity contribution in [2.45, 2.75) is 25.0 Å². The normalized spacial score (nSPS) is 15.4. The highest BCUT2D eigenvalue weighted by Crippen LogP contribution is 2.51. The number of thioether (sulfide) groups is 1. The number of carbonyl (C=O) groups is 1. The van der Waals surface area contributed by atoms with Crippen LogP contribution in [0.1, 0.15) is 30.4 Å². The molecule has 1 saturated carbocycles. The van der Waals surface area contributed by atoms with Gasteiger partial charge in [-0.1, -0.05) is 17.7 Å². The SMILES string of the molecule is COC(=O)CC1(CSCc2ccc(C#N)cc2Cl)CC1. The molecule has 1 fully saturated rings. The van der Waals surface area contributed by atoms with E-state index in [0.717, 1.165) is 29.9 Å². The predicted octanol–water partition coefficient (Wildman–Crippen LogP) is 3.79. The summed E-state index contributed by atoms with van der Waals surface area (Å²) in [4.78, 5) is 11.3. The lowest BCUT2D eigenvalue weighted by Crippen LogP contribution is -2.13. The molecule has 2 rings (SSSR count). The van der Waals surface area contributed by atoms with Crippen LogP contribution in [0.2, 0.25) is 5.02 Å². The summed E-state index contributed by atoms with van der Waals surface area (Å²) in [7, 11) is 1.43. The maximum Gasteiger partial charge on any atom is 0.306 e. The molecule has 0 bridgehead atoms. The second-order valence-electron chi connectivity index (χ2n) is 5.16. The van der Waals surface area contributed by atoms with Gasteiger partial charge in [0.1, 0.15) is 0 Å². The van der Waals surface area contributed by atoms with Crippen LogP contribution in [-0.4, -0.2) is 18.8 Å². The van der Waals surface area contributed by atoms with Crippen molar-refractivity contribution in [2.75, 3.05) is 12.9 Å². The van der Waals surface area contributed by atoms with Crippen molar-refractivity contribution in [3.05, 3.63) is 34.3 Å². The molecule has 0 aromatic heterocycles. The van der Waals surface area contributed by atoms with Crippen molar-refractivity contribution in [3.8, 4) is 6.07 Å². The van der Waals surface area contributed by atoms with Gasteiger partial charge in [0.2, 0.25) is 0 Å². The standard InChI is InChI=1S/C15H16ClNO2S/c1-19-14(18)7-15(4-5-15)10-20-9-12-3-2-11(8-17)6-13(12)16/h2-3,6H,4-5,7,9-10H2,1H3. The second-order valence-corrected chi connectivity index (χ2v) is 6.56. The summed E-state index contributed by atoms with van der Waals surface area (Å²) in [6, 6.07) is 7.44. The van der Waals surface area contributed by atoms with Gasteiger partial charge in [-0.2, -0.15) is 17.0 Å². The third-order valence-electron chi connectivity index (χ3n) is 3.55. The minimum Gasteiger partial charge on any atom is -0.469 e. The van der Waals surface area contributed by atoms with Crippen LogP contribution in [0.5, 0.6) is 0 Å². The lowest BCUT2D eigenvalue weighted by atomic mass is 10.1. The molecule has 0 spiro atoms. The van der Waals surface area contributed by atoms with E-state index in [0.29, 0.717) is 17.0 Å². The molecule has 5 heteroatoms. The average molecular weight is 310 g/mol. The molecule has 0 saturated heterocycles. The van der Waals surface area contributed by atoms with Crippen LogP contribution in [0.3, 0.4) is 0 Å². The first-order valence-electron chi connectivity index (χ1n) is 6.42. The van der Waals surface area contributed by atoms with E-state index in [2.05, 4.69) is 6.07 Å². The first-order chi connectivity index (χ1) is 9.58. The summed E-state index contributed by atoms with van der Waals surface area (Å²) in [5, 5.41) is 9.43. The summed E-state index contributed by atoms with van der Waals surface area (Å²) in [6.45, 7) is 0.